The van der Waals surface area contributed by atoms with Crippen LogP contribution in [0.3, 0.4) is 0 Å². The van der Waals surface area contributed by atoms with E-state index in [4.69, 9.17) is 0 Å². The Hall–Kier alpha value is -3.70. The monoisotopic (exact) mass is 419 g/mol. The van der Waals surface area contributed by atoms with Gasteiger partial charge in [0.05, 0.1) is 16.4 Å². The van der Waals surface area contributed by atoms with Gasteiger partial charge in [-0.2, -0.15) is 5.26 Å². The van der Waals surface area contributed by atoms with Crippen LogP contribution in [0.15, 0.2) is 76.1 Å². The van der Waals surface area contributed by atoms with Gasteiger partial charge in [-0.15, -0.1) is 11.8 Å². The van der Waals surface area contributed by atoms with Crippen molar-refractivity contribution < 1.29 is 4.79 Å². The van der Waals surface area contributed by atoms with Crippen molar-refractivity contribution in [1.82, 2.24) is 9.36 Å². The van der Waals surface area contributed by atoms with Crippen LogP contribution in [0.1, 0.15) is 5.69 Å². The summed E-state index contributed by atoms with van der Waals surface area (Å²) in [6.07, 6.45) is 1.77. The highest BCUT2D eigenvalue weighted by Crippen LogP contribution is 2.22. The van der Waals surface area contributed by atoms with Gasteiger partial charge in [-0.05, 0) is 37.4 Å². The number of thioether (sulfide) groups is 1. The molecular weight excluding hydrogens is 398 g/mol. The second-order valence-corrected chi connectivity index (χ2v) is 7.22. The minimum atomic E-state index is -0.642. The zero-order valence-electron chi connectivity index (χ0n) is 16.8. The molecule has 0 saturated carbocycles. The number of anilines is 2. The summed E-state index contributed by atoms with van der Waals surface area (Å²) in [6.45, 7) is 1.74. The molecule has 2 aromatic carbocycles. The van der Waals surface area contributed by atoms with Crippen molar-refractivity contribution >= 4 is 29.0 Å². The molecule has 3 aromatic rings. The highest BCUT2D eigenvalue weighted by Gasteiger charge is 2.22. The fraction of sp³-hybridized carbons (Fsp3) is 0.136. The van der Waals surface area contributed by atoms with Crippen molar-refractivity contribution in [2.75, 3.05) is 16.9 Å². The van der Waals surface area contributed by atoms with Crippen molar-refractivity contribution in [2.24, 2.45) is 7.05 Å². The third-order valence-electron chi connectivity index (χ3n) is 4.59. The highest BCUT2D eigenvalue weighted by molar-refractivity contribution is 8.02. The number of amides is 1. The highest BCUT2D eigenvalue weighted by atomic mass is 32.2. The van der Waals surface area contributed by atoms with Crippen molar-refractivity contribution in [2.45, 2.75) is 6.92 Å². The average molecular weight is 420 g/mol. The Labute approximate surface area is 178 Å². The molecule has 0 saturated heterocycles. The molecule has 0 bridgehead atoms. The molecule has 0 fully saturated rings. The predicted molar refractivity (Wildman–Crippen MR) is 121 cm³/mol. The maximum Gasteiger partial charge on any atom is 0.295 e. The zero-order valence-corrected chi connectivity index (χ0v) is 17.7. The molecule has 0 atom stereocenters. The lowest BCUT2D eigenvalue weighted by molar-refractivity contribution is -0.112. The zero-order chi connectivity index (χ0) is 21.7. The van der Waals surface area contributed by atoms with Gasteiger partial charge in [0.2, 0.25) is 0 Å². The van der Waals surface area contributed by atoms with Gasteiger partial charge in [-0.3, -0.25) is 14.3 Å². The number of rotatable bonds is 6. The van der Waals surface area contributed by atoms with E-state index in [1.165, 1.54) is 16.4 Å². The number of nitriles is 1. The van der Waals surface area contributed by atoms with Gasteiger partial charge in [0, 0.05) is 12.7 Å². The minimum absolute atomic E-state index is 0.0970. The van der Waals surface area contributed by atoms with Gasteiger partial charge in [-0.1, -0.05) is 36.4 Å². The van der Waals surface area contributed by atoms with E-state index in [2.05, 4.69) is 10.6 Å². The molecule has 30 heavy (non-hydrogen) atoms. The number of carbonyl (C=O) groups excluding carboxylic acids is 1. The topological polar surface area (TPSA) is 91.8 Å². The van der Waals surface area contributed by atoms with Gasteiger partial charge in [0.1, 0.15) is 17.3 Å². The maximum atomic E-state index is 13.0. The number of benzene rings is 2. The number of hydrogen-bond acceptors (Lipinski definition) is 5. The first kappa shape index (κ1) is 21.0. The molecule has 0 aliphatic rings. The summed E-state index contributed by atoms with van der Waals surface area (Å²) in [5, 5.41) is 15.7. The van der Waals surface area contributed by atoms with Crippen LogP contribution >= 0.6 is 11.8 Å². The van der Waals surface area contributed by atoms with E-state index in [0.717, 1.165) is 5.69 Å². The minimum Gasteiger partial charge on any atom is -0.349 e. The third kappa shape index (κ3) is 4.16. The Morgan fingerprint density at radius 2 is 1.63 bits per heavy atom. The van der Waals surface area contributed by atoms with Crippen molar-refractivity contribution in [3.8, 4) is 11.8 Å². The smallest absolute Gasteiger partial charge is 0.295 e. The molecule has 0 aliphatic carbocycles. The molecule has 0 unspecified atom stereocenters. The summed E-state index contributed by atoms with van der Waals surface area (Å²) in [7, 11) is 1.74. The van der Waals surface area contributed by atoms with E-state index in [0.29, 0.717) is 16.4 Å². The van der Waals surface area contributed by atoms with E-state index in [-0.39, 0.29) is 16.8 Å². The van der Waals surface area contributed by atoms with Crippen molar-refractivity contribution in [1.29, 1.82) is 5.26 Å². The molecule has 1 aromatic heterocycles. The van der Waals surface area contributed by atoms with E-state index < -0.39 is 5.91 Å². The molecule has 1 heterocycles. The lowest BCUT2D eigenvalue weighted by Crippen LogP contribution is -2.24. The van der Waals surface area contributed by atoms with Crippen molar-refractivity contribution in [3.05, 3.63) is 87.3 Å². The SMILES string of the molecule is CS/C(Nc1ccccc1)=C(\C#N)C(=O)Nc1c(C)n(C)n(-c2ccccc2)c1=O. The van der Waals surface area contributed by atoms with E-state index in [9.17, 15) is 14.9 Å². The number of hydrogen-bond donors (Lipinski definition) is 2. The van der Waals surface area contributed by atoms with Crippen LogP contribution in [0.4, 0.5) is 11.4 Å². The molecule has 7 nitrogen and oxygen atoms in total. The van der Waals surface area contributed by atoms with Gasteiger partial charge in [0.25, 0.3) is 11.5 Å². The van der Waals surface area contributed by atoms with Gasteiger partial charge >= 0.3 is 0 Å². The summed E-state index contributed by atoms with van der Waals surface area (Å²) in [5.41, 5.74) is 1.69. The van der Waals surface area contributed by atoms with Crippen LogP contribution in [0.2, 0.25) is 0 Å². The average Bonchev–Trinajstić information content (AvgIpc) is 2.98. The number of para-hydroxylation sites is 2. The first-order chi connectivity index (χ1) is 14.5. The fourth-order valence-corrected chi connectivity index (χ4v) is 3.52. The summed E-state index contributed by atoms with van der Waals surface area (Å²) in [4.78, 5) is 25.9. The van der Waals surface area contributed by atoms with Gasteiger partial charge in [0.15, 0.2) is 0 Å². The Kier molecular flexibility index (Phi) is 6.45. The van der Waals surface area contributed by atoms with Crippen LogP contribution in [-0.2, 0) is 11.8 Å². The van der Waals surface area contributed by atoms with E-state index in [1.807, 2.05) is 66.7 Å². The predicted octanol–water partition coefficient (Wildman–Crippen LogP) is 3.63. The number of carbonyl (C=O) groups is 1. The normalized spacial score (nSPS) is 11.4. The van der Waals surface area contributed by atoms with Crippen LogP contribution in [0.5, 0.6) is 0 Å². The lowest BCUT2D eigenvalue weighted by atomic mass is 10.2. The summed E-state index contributed by atoms with van der Waals surface area (Å²) in [5.74, 6) is -0.642. The quantitative estimate of drug-likeness (QED) is 0.470. The van der Waals surface area contributed by atoms with Crippen LogP contribution in [-0.4, -0.2) is 21.5 Å². The molecule has 3 rings (SSSR count). The Bertz CT molecular complexity index is 1190. The largest absolute Gasteiger partial charge is 0.349 e. The van der Waals surface area contributed by atoms with Crippen LogP contribution < -0.4 is 16.2 Å². The van der Waals surface area contributed by atoms with Crippen LogP contribution in [0.25, 0.3) is 5.69 Å². The number of aromatic nitrogens is 2. The summed E-state index contributed by atoms with van der Waals surface area (Å²) < 4.78 is 3.14. The van der Waals surface area contributed by atoms with Gasteiger partial charge < -0.3 is 10.6 Å². The Balaban J connectivity index is 1.96. The van der Waals surface area contributed by atoms with Gasteiger partial charge in [-0.25, -0.2) is 4.68 Å². The number of nitrogens with one attached hydrogen (secondary N) is 2. The Morgan fingerprint density at radius 3 is 2.20 bits per heavy atom. The molecule has 0 aliphatic heterocycles. The van der Waals surface area contributed by atoms with Crippen molar-refractivity contribution in [3.63, 3.8) is 0 Å². The number of nitrogens with zero attached hydrogens (tertiary/aromatic N) is 3. The second kappa shape index (κ2) is 9.20. The first-order valence-electron chi connectivity index (χ1n) is 9.13. The van der Waals surface area contributed by atoms with E-state index in [1.54, 1.807) is 24.9 Å². The standard InChI is InChI=1S/C22H21N5O2S/c1-15-19(22(29)27(26(15)2)17-12-8-5-9-13-17)25-20(28)18(14-23)21(30-3)24-16-10-6-4-7-11-16/h4-13,24H,1-3H3,(H,25,28)/b21-18+. The molecular formula is C22H21N5O2S. The summed E-state index contributed by atoms with van der Waals surface area (Å²) >= 11 is 1.25. The molecule has 2 N–H and O–H groups in total. The molecule has 152 valence electrons. The lowest BCUT2D eigenvalue weighted by Gasteiger charge is -2.11. The maximum absolute atomic E-state index is 13.0. The summed E-state index contributed by atoms with van der Waals surface area (Å²) in [6, 6.07) is 20.4. The molecule has 8 heteroatoms. The van der Waals surface area contributed by atoms with Crippen LogP contribution in [0, 0.1) is 18.3 Å². The second-order valence-electron chi connectivity index (χ2n) is 6.40. The molecule has 0 spiro atoms. The molecule has 1 amide bonds. The third-order valence-corrected chi connectivity index (χ3v) is 5.31. The Morgan fingerprint density at radius 1 is 1.03 bits per heavy atom. The first-order valence-corrected chi connectivity index (χ1v) is 10.4. The fourth-order valence-electron chi connectivity index (χ4n) is 2.96. The molecule has 0 radical (unpaired) electrons. The van der Waals surface area contributed by atoms with E-state index >= 15 is 0 Å².